The average molecular weight is 421 g/mol. The van der Waals surface area contributed by atoms with Gasteiger partial charge in [0.25, 0.3) is 0 Å². The molecule has 2 atom stereocenters. The largest absolute Gasteiger partial charge is 0.346 e. The zero-order chi connectivity index (χ0) is 21.3. The average Bonchev–Trinajstić information content (AvgIpc) is 3.38. The Balaban J connectivity index is 1.42. The van der Waals surface area contributed by atoms with Crippen molar-refractivity contribution in [1.82, 2.24) is 15.3 Å². The van der Waals surface area contributed by atoms with Crippen molar-refractivity contribution in [3.05, 3.63) is 64.2 Å². The van der Waals surface area contributed by atoms with Crippen molar-refractivity contribution in [2.24, 2.45) is 5.92 Å². The molecule has 1 saturated heterocycles. The van der Waals surface area contributed by atoms with E-state index in [0.717, 1.165) is 27.5 Å². The second-order valence-corrected chi connectivity index (χ2v) is 8.53. The number of thiazole rings is 1. The van der Waals surface area contributed by atoms with Gasteiger partial charge >= 0.3 is 0 Å². The monoisotopic (exact) mass is 420 g/mol. The van der Waals surface area contributed by atoms with E-state index < -0.39 is 5.92 Å². The number of benzene rings is 1. The number of carbonyl (C=O) groups is 2. The molecule has 1 N–H and O–H groups in total. The molecule has 1 aromatic carbocycles. The summed E-state index contributed by atoms with van der Waals surface area (Å²) in [5.41, 5.74) is 4.95. The topological polar surface area (TPSA) is 75.2 Å². The van der Waals surface area contributed by atoms with Crippen LogP contribution in [0.4, 0.5) is 5.69 Å². The third-order valence-corrected chi connectivity index (χ3v) is 6.56. The molecule has 30 heavy (non-hydrogen) atoms. The number of pyridine rings is 1. The van der Waals surface area contributed by atoms with Crippen LogP contribution >= 0.6 is 11.3 Å². The minimum absolute atomic E-state index is 0.141. The first kappa shape index (κ1) is 20.2. The maximum absolute atomic E-state index is 12.9. The summed E-state index contributed by atoms with van der Waals surface area (Å²) in [6.45, 7) is 6.51. The molecule has 6 nitrogen and oxygen atoms in total. The Morgan fingerprint density at radius 2 is 2.10 bits per heavy atom. The van der Waals surface area contributed by atoms with Gasteiger partial charge in [-0.3, -0.25) is 14.6 Å². The number of carbonyl (C=O) groups excluding carboxylic acids is 2. The fourth-order valence-electron chi connectivity index (χ4n) is 3.58. The molecule has 7 heteroatoms. The Morgan fingerprint density at radius 1 is 1.27 bits per heavy atom. The lowest BCUT2D eigenvalue weighted by molar-refractivity contribution is -0.132. The lowest BCUT2D eigenvalue weighted by atomic mass is 10.1. The Kier molecular flexibility index (Phi) is 5.63. The van der Waals surface area contributed by atoms with Gasteiger partial charge in [-0.15, -0.1) is 11.3 Å². The molecule has 0 spiro atoms. The van der Waals surface area contributed by atoms with Gasteiger partial charge in [-0.05, 0) is 62.6 Å². The molecule has 0 radical (unpaired) electrons. The summed E-state index contributed by atoms with van der Waals surface area (Å²) >= 11 is 1.49. The maximum atomic E-state index is 12.9. The molecule has 3 heterocycles. The van der Waals surface area contributed by atoms with Crippen LogP contribution in [-0.4, -0.2) is 28.3 Å². The van der Waals surface area contributed by atoms with E-state index in [4.69, 9.17) is 0 Å². The van der Waals surface area contributed by atoms with E-state index in [-0.39, 0.29) is 17.9 Å². The van der Waals surface area contributed by atoms with Crippen LogP contribution in [0.25, 0.3) is 11.3 Å². The van der Waals surface area contributed by atoms with Crippen molar-refractivity contribution in [3.63, 3.8) is 0 Å². The lowest BCUT2D eigenvalue weighted by Crippen LogP contribution is -2.38. The summed E-state index contributed by atoms with van der Waals surface area (Å²) in [6, 6.07) is 9.51. The molecule has 2 unspecified atom stereocenters. The van der Waals surface area contributed by atoms with Crippen LogP contribution in [0.5, 0.6) is 0 Å². The van der Waals surface area contributed by atoms with Crippen LogP contribution in [0.1, 0.15) is 35.5 Å². The van der Waals surface area contributed by atoms with Crippen LogP contribution in [0.2, 0.25) is 0 Å². The minimum Gasteiger partial charge on any atom is -0.346 e. The SMILES string of the molecule is Cc1ccc(N2CCC(C(=O)NC(C)c3nc(-c4cccnc4)cs3)C2=O)cc1C. The summed E-state index contributed by atoms with van der Waals surface area (Å²) in [6.07, 6.45) is 4.00. The summed E-state index contributed by atoms with van der Waals surface area (Å²) in [5.74, 6) is -1.04. The first-order valence-corrected chi connectivity index (χ1v) is 10.9. The molecule has 0 saturated carbocycles. The Morgan fingerprint density at radius 3 is 2.83 bits per heavy atom. The molecular formula is C23H24N4O2S. The number of amides is 2. The van der Waals surface area contributed by atoms with Gasteiger partial charge in [0.2, 0.25) is 11.8 Å². The standard InChI is InChI=1S/C23H24N4O2S/c1-14-6-7-18(11-15(14)2)27-10-8-19(23(27)29)21(28)25-16(3)22-26-20(13-30-22)17-5-4-9-24-12-17/h4-7,9,11-13,16,19H,8,10H2,1-3H3,(H,25,28). The third-order valence-electron chi connectivity index (χ3n) is 5.53. The normalized spacial score (nSPS) is 17.2. The highest BCUT2D eigenvalue weighted by molar-refractivity contribution is 7.10. The number of nitrogens with one attached hydrogen (secondary N) is 1. The molecule has 154 valence electrons. The van der Waals surface area contributed by atoms with Gasteiger partial charge in [0.05, 0.1) is 11.7 Å². The molecular weight excluding hydrogens is 396 g/mol. The fourth-order valence-corrected chi connectivity index (χ4v) is 4.42. The Labute approximate surface area is 180 Å². The predicted molar refractivity (Wildman–Crippen MR) is 118 cm³/mol. The predicted octanol–water partition coefficient (Wildman–Crippen LogP) is 4.05. The highest BCUT2D eigenvalue weighted by atomic mass is 32.1. The maximum Gasteiger partial charge on any atom is 0.239 e. The first-order chi connectivity index (χ1) is 14.4. The van der Waals surface area contributed by atoms with Crippen molar-refractivity contribution in [3.8, 4) is 11.3 Å². The molecule has 4 rings (SSSR count). The minimum atomic E-state index is -0.660. The quantitative estimate of drug-likeness (QED) is 0.632. The van der Waals surface area contributed by atoms with Gasteiger partial charge < -0.3 is 10.2 Å². The Bertz CT molecular complexity index is 1080. The molecule has 1 fully saturated rings. The third kappa shape index (κ3) is 3.98. The Hall–Kier alpha value is -3.06. The fraction of sp³-hybridized carbons (Fsp3) is 0.304. The summed E-state index contributed by atoms with van der Waals surface area (Å²) < 4.78 is 0. The van der Waals surface area contributed by atoms with Gasteiger partial charge in [0.1, 0.15) is 10.9 Å². The molecule has 1 aliphatic heterocycles. The lowest BCUT2D eigenvalue weighted by Gasteiger charge is -2.19. The number of aryl methyl sites for hydroxylation is 2. The van der Waals surface area contributed by atoms with Crippen LogP contribution in [-0.2, 0) is 9.59 Å². The van der Waals surface area contributed by atoms with E-state index in [0.29, 0.717) is 13.0 Å². The molecule has 1 aliphatic rings. The van der Waals surface area contributed by atoms with Gasteiger partial charge in [-0.25, -0.2) is 4.98 Å². The van der Waals surface area contributed by atoms with Gasteiger partial charge in [-0.2, -0.15) is 0 Å². The number of hydrogen-bond acceptors (Lipinski definition) is 5. The van der Waals surface area contributed by atoms with E-state index in [1.54, 1.807) is 17.3 Å². The van der Waals surface area contributed by atoms with Crippen LogP contribution in [0.3, 0.4) is 0 Å². The van der Waals surface area contributed by atoms with Crippen molar-refractivity contribution < 1.29 is 9.59 Å². The zero-order valence-electron chi connectivity index (χ0n) is 17.3. The molecule has 0 aliphatic carbocycles. The highest BCUT2D eigenvalue weighted by Crippen LogP contribution is 2.29. The van der Waals surface area contributed by atoms with E-state index >= 15 is 0 Å². The van der Waals surface area contributed by atoms with E-state index in [9.17, 15) is 9.59 Å². The first-order valence-electron chi connectivity index (χ1n) is 9.99. The van der Waals surface area contributed by atoms with Crippen molar-refractivity contribution in [2.75, 3.05) is 11.4 Å². The number of rotatable bonds is 5. The van der Waals surface area contributed by atoms with E-state index in [1.807, 2.05) is 56.5 Å². The van der Waals surface area contributed by atoms with Gasteiger partial charge in [0, 0.05) is 35.6 Å². The zero-order valence-corrected chi connectivity index (χ0v) is 18.1. The second kappa shape index (κ2) is 8.36. The summed E-state index contributed by atoms with van der Waals surface area (Å²) in [5, 5.41) is 5.73. The smallest absolute Gasteiger partial charge is 0.239 e. The van der Waals surface area contributed by atoms with Gasteiger partial charge in [0.15, 0.2) is 0 Å². The molecule has 0 bridgehead atoms. The van der Waals surface area contributed by atoms with Crippen LogP contribution < -0.4 is 10.2 Å². The van der Waals surface area contributed by atoms with Crippen molar-refractivity contribution >= 4 is 28.8 Å². The van der Waals surface area contributed by atoms with Crippen LogP contribution in [0.15, 0.2) is 48.1 Å². The van der Waals surface area contributed by atoms with Crippen molar-refractivity contribution in [1.29, 1.82) is 0 Å². The molecule has 2 aromatic heterocycles. The number of anilines is 1. The van der Waals surface area contributed by atoms with E-state index in [2.05, 4.69) is 15.3 Å². The van der Waals surface area contributed by atoms with Gasteiger partial charge in [-0.1, -0.05) is 6.07 Å². The summed E-state index contributed by atoms with van der Waals surface area (Å²) in [4.78, 5) is 36.2. The molecule has 2 amide bonds. The second-order valence-electron chi connectivity index (χ2n) is 7.64. The molecule has 3 aromatic rings. The number of nitrogens with zero attached hydrogens (tertiary/aromatic N) is 3. The highest BCUT2D eigenvalue weighted by Gasteiger charge is 2.38. The van der Waals surface area contributed by atoms with Crippen LogP contribution in [0, 0.1) is 19.8 Å². The number of hydrogen-bond donors (Lipinski definition) is 1. The van der Waals surface area contributed by atoms with E-state index in [1.165, 1.54) is 16.9 Å². The summed E-state index contributed by atoms with van der Waals surface area (Å²) in [7, 11) is 0. The van der Waals surface area contributed by atoms with Crippen molar-refractivity contribution in [2.45, 2.75) is 33.2 Å². The number of aromatic nitrogens is 2.